The van der Waals surface area contributed by atoms with E-state index < -0.39 is 0 Å². The molecule has 2 aromatic heterocycles. The highest BCUT2D eigenvalue weighted by atomic mass is 16.3. The molecule has 0 aliphatic carbocycles. The van der Waals surface area contributed by atoms with Crippen molar-refractivity contribution in [3.05, 3.63) is 24.2 Å². The number of aromatic amines is 1. The molecule has 0 radical (unpaired) electrons. The third kappa shape index (κ3) is 4.48. The molecule has 10 nitrogen and oxygen atoms in total. The van der Waals surface area contributed by atoms with Crippen LogP contribution in [0, 0.1) is 0 Å². The van der Waals surface area contributed by atoms with Crippen LogP contribution in [0.5, 0.6) is 0 Å². The van der Waals surface area contributed by atoms with E-state index in [2.05, 4.69) is 35.3 Å². The number of furan rings is 1. The van der Waals surface area contributed by atoms with Gasteiger partial charge in [0.2, 0.25) is 11.7 Å². The molecule has 2 aliphatic heterocycles. The van der Waals surface area contributed by atoms with E-state index in [9.17, 15) is 4.79 Å². The SMILES string of the molecule is CN=C(NCc1nc(-c2ccco2)n[nH]1)N1CCN(C(C)C(=O)N2CCCC2)CC1. The molecule has 10 heteroatoms. The highest BCUT2D eigenvalue weighted by molar-refractivity contribution is 5.82. The largest absolute Gasteiger partial charge is 0.461 e. The van der Waals surface area contributed by atoms with Gasteiger partial charge in [0.05, 0.1) is 18.8 Å². The van der Waals surface area contributed by atoms with Crippen molar-refractivity contribution in [3.8, 4) is 11.6 Å². The van der Waals surface area contributed by atoms with Crippen LogP contribution < -0.4 is 5.32 Å². The molecule has 4 heterocycles. The van der Waals surface area contributed by atoms with E-state index in [1.54, 1.807) is 13.3 Å². The minimum absolute atomic E-state index is 0.0607. The fraction of sp³-hybridized carbons (Fsp3) is 0.600. The molecule has 4 rings (SSSR count). The van der Waals surface area contributed by atoms with Crippen LogP contribution in [-0.4, -0.2) is 94.1 Å². The smallest absolute Gasteiger partial charge is 0.239 e. The Balaban J connectivity index is 1.26. The van der Waals surface area contributed by atoms with Crippen LogP contribution in [0.3, 0.4) is 0 Å². The van der Waals surface area contributed by atoms with Crippen molar-refractivity contribution in [1.82, 2.24) is 35.2 Å². The van der Waals surface area contributed by atoms with Gasteiger partial charge in [0, 0.05) is 46.3 Å². The maximum absolute atomic E-state index is 12.7. The van der Waals surface area contributed by atoms with Crippen LogP contribution in [0.25, 0.3) is 11.6 Å². The van der Waals surface area contributed by atoms with Gasteiger partial charge in [-0.25, -0.2) is 4.98 Å². The van der Waals surface area contributed by atoms with Crippen molar-refractivity contribution in [2.45, 2.75) is 32.4 Å². The molecule has 0 spiro atoms. The number of aromatic nitrogens is 3. The minimum Gasteiger partial charge on any atom is -0.461 e. The van der Waals surface area contributed by atoms with E-state index >= 15 is 0 Å². The first-order valence-corrected chi connectivity index (χ1v) is 10.6. The van der Waals surface area contributed by atoms with Gasteiger partial charge in [-0.1, -0.05) is 0 Å². The molecule has 2 saturated heterocycles. The fourth-order valence-corrected chi connectivity index (χ4v) is 4.06. The second-order valence-electron chi connectivity index (χ2n) is 7.72. The van der Waals surface area contributed by atoms with E-state index in [0.29, 0.717) is 24.0 Å². The lowest BCUT2D eigenvalue weighted by Crippen LogP contribution is -2.57. The third-order valence-corrected chi connectivity index (χ3v) is 5.84. The second-order valence-corrected chi connectivity index (χ2v) is 7.72. The predicted molar refractivity (Wildman–Crippen MR) is 113 cm³/mol. The van der Waals surface area contributed by atoms with Crippen molar-refractivity contribution in [2.24, 2.45) is 4.99 Å². The van der Waals surface area contributed by atoms with Crippen LogP contribution in [-0.2, 0) is 11.3 Å². The first-order valence-electron chi connectivity index (χ1n) is 10.6. The number of aliphatic imine (C=N–C) groups is 1. The molecule has 0 saturated carbocycles. The van der Waals surface area contributed by atoms with Crippen LogP contribution in [0.1, 0.15) is 25.6 Å². The van der Waals surface area contributed by atoms with E-state index in [1.165, 1.54) is 0 Å². The molecular formula is C20H30N8O2. The van der Waals surface area contributed by atoms with Crippen LogP contribution in [0.15, 0.2) is 27.8 Å². The average molecular weight is 415 g/mol. The van der Waals surface area contributed by atoms with Gasteiger partial charge in [-0.15, -0.1) is 5.10 Å². The summed E-state index contributed by atoms with van der Waals surface area (Å²) in [4.78, 5) is 28.0. The lowest BCUT2D eigenvalue weighted by Gasteiger charge is -2.39. The van der Waals surface area contributed by atoms with E-state index in [0.717, 1.165) is 58.1 Å². The quantitative estimate of drug-likeness (QED) is 0.550. The number of nitrogens with zero attached hydrogens (tertiary/aromatic N) is 6. The Kier molecular flexibility index (Phi) is 6.32. The Morgan fingerprint density at radius 2 is 2.00 bits per heavy atom. The Labute approximate surface area is 176 Å². The van der Waals surface area contributed by atoms with E-state index in [4.69, 9.17) is 4.42 Å². The van der Waals surface area contributed by atoms with Crippen LogP contribution in [0.4, 0.5) is 0 Å². The van der Waals surface area contributed by atoms with Gasteiger partial charge in [-0.3, -0.25) is 19.8 Å². The molecule has 2 aromatic rings. The number of carbonyl (C=O) groups excluding carboxylic acids is 1. The zero-order valence-corrected chi connectivity index (χ0v) is 17.7. The van der Waals surface area contributed by atoms with Gasteiger partial charge < -0.3 is 19.5 Å². The van der Waals surface area contributed by atoms with Crippen molar-refractivity contribution < 1.29 is 9.21 Å². The predicted octanol–water partition coefficient (Wildman–Crippen LogP) is 0.769. The molecule has 2 aliphatic rings. The molecule has 1 atom stereocenters. The number of hydrogen-bond acceptors (Lipinski definition) is 6. The summed E-state index contributed by atoms with van der Waals surface area (Å²) < 4.78 is 5.32. The molecule has 2 fully saturated rings. The minimum atomic E-state index is -0.0607. The van der Waals surface area contributed by atoms with Gasteiger partial charge in [0.1, 0.15) is 5.82 Å². The number of rotatable bonds is 5. The number of amides is 1. The lowest BCUT2D eigenvalue weighted by molar-refractivity contribution is -0.135. The highest BCUT2D eigenvalue weighted by Gasteiger charge is 2.30. The summed E-state index contributed by atoms with van der Waals surface area (Å²) in [7, 11) is 1.78. The number of guanidine groups is 1. The normalized spacial score (nSPS) is 19.3. The topological polar surface area (TPSA) is 106 Å². The monoisotopic (exact) mass is 414 g/mol. The maximum Gasteiger partial charge on any atom is 0.239 e. The van der Waals surface area contributed by atoms with Crippen LogP contribution >= 0.6 is 0 Å². The Bertz CT molecular complexity index is 848. The van der Waals surface area contributed by atoms with Gasteiger partial charge in [0.15, 0.2) is 11.7 Å². The third-order valence-electron chi connectivity index (χ3n) is 5.84. The number of piperazine rings is 1. The summed E-state index contributed by atoms with van der Waals surface area (Å²) in [5.74, 6) is 2.98. The molecule has 1 amide bonds. The first-order chi connectivity index (χ1) is 14.7. The number of carbonyl (C=O) groups is 1. The lowest BCUT2D eigenvalue weighted by atomic mass is 10.2. The average Bonchev–Trinajstić information content (AvgIpc) is 3.56. The van der Waals surface area contributed by atoms with Crippen molar-refractivity contribution in [1.29, 1.82) is 0 Å². The summed E-state index contributed by atoms with van der Waals surface area (Å²) in [5, 5.41) is 10.5. The number of hydrogen-bond donors (Lipinski definition) is 2. The van der Waals surface area contributed by atoms with Crippen LogP contribution in [0.2, 0.25) is 0 Å². The highest BCUT2D eigenvalue weighted by Crippen LogP contribution is 2.15. The fourth-order valence-electron chi connectivity index (χ4n) is 4.06. The van der Waals surface area contributed by atoms with Gasteiger partial charge in [0.25, 0.3) is 0 Å². The molecule has 162 valence electrons. The summed E-state index contributed by atoms with van der Waals surface area (Å²) in [5.41, 5.74) is 0. The summed E-state index contributed by atoms with van der Waals surface area (Å²) in [6.45, 7) is 7.66. The Morgan fingerprint density at radius 1 is 1.23 bits per heavy atom. The summed E-state index contributed by atoms with van der Waals surface area (Å²) in [6.07, 6.45) is 3.86. The summed E-state index contributed by atoms with van der Waals surface area (Å²) in [6, 6.07) is 3.58. The molecule has 30 heavy (non-hydrogen) atoms. The molecule has 2 N–H and O–H groups in total. The van der Waals surface area contributed by atoms with Gasteiger partial charge >= 0.3 is 0 Å². The number of likely N-dealkylation sites (tertiary alicyclic amines) is 1. The molecule has 0 bridgehead atoms. The van der Waals surface area contributed by atoms with E-state index in [-0.39, 0.29) is 11.9 Å². The number of nitrogens with one attached hydrogen (secondary N) is 2. The zero-order valence-electron chi connectivity index (χ0n) is 17.7. The molecule has 0 aromatic carbocycles. The maximum atomic E-state index is 12.7. The Hall–Kier alpha value is -2.88. The first kappa shape index (κ1) is 20.4. The van der Waals surface area contributed by atoms with Gasteiger partial charge in [-0.05, 0) is 31.9 Å². The standard InChI is InChI=1S/C20H30N8O2/c1-15(19(29)27-7-3-4-8-27)26-9-11-28(12-10-26)20(21-2)22-14-17-23-18(25-24-17)16-6-5-13-30-16/h5-6,13,15H,3-4,7-12,14H2,1-2H3,(H,21,22)(H,23,24,25). The molecule has 1 unspecified atom stereocenters. The summed E-state index contributed by atoms with van der Waals surface area (Å²) >= 11 is 0. The number of H-pyrrole nitrogens is 1. The van der Waals surface area contributed by atoms with E-state index in [1.807, 2.05) is 24.0 Å². The zero-order chi connectivity index (χ0) is 20.9. The van der Waals surface area contributed by atoms with Crippen molar-refractivity contribution >= 4 is 11.9 Å². The Morgan fingerprint density at radius 3 is 2.67 bits per heavy atom. The van der Waals surface area contributed by atoms with Crippen molar-refractivity contribution in [3.63, 3.8) is 0 Å². The second kappa shape index (κ2) is 9.29. The van der Waals surface area contributed by atoms with Crippen molar-refractivity contribution in [2.75, 3.05) is 46.3 Å². The van der Waals surface area contributed by atoms with Gasteiger partial charge in [-0.2, -0.15) is 0 Å². The molecular weight excluding hydrogens is 384 g/mol.